The lowest BCUT2D eigenvalue weighted by molar-refractivity contribution is 0.0846. The molecule has 164 valence electrons. The summed E-state index contributed by atoms with van der Waals surface area (Å²) in [7, 11) is -2.50. The van der Waals surface area contributed by atoms with Gasteiger partial charge >= 0.3 is 0 Å². The number of hydrogen-bond donors (Lipinski definition) is 3. The molecule has 2 aromatic rings. The van der Waals surface area contributed by atoms with E-state index in [9.17, 15) is 18.0 Å². The van der Waals surface area contributed by atoms with Crippen molar-refractivity contribution in [2.24, 2.45) is 0 Å². The van der Waals surface area contributed by atoms with Crippen LogP contribution in [0.25, 0.3) is 0 Å². The second-order valence-corrected chi connectivity index (χ2v) is 8.71. The van der Waals surface area contributed by atoms with Crippen molar-refractivity contribution < 1.29 is 32.2 Å². The maximum atomic E-state index is 12.6. The Balaban J connectivity index is 1.46. The summed E-state index contributed by atoms with van der Waals surface area (Å²) in [5, 5.41) is 0. The van der Waals surface area contributed by atoms with Crippen molar-refractivity contribution >= 4 is 21.8 Å². The molecule has 1 fully saturated rings. The minimum absolute atomic E-state index is 0.0412. The van der Waals surface area contributed by atoms with E-state index < -0.39 is 21.8 Å². The molecule has 0 unspecified atom stereocenters. The van der Waals surface area contributed by atoms with Gasteiger partial charge in [0.25, 0.3) is 11.8 Å². The van der Waals surface area contributed by atoms with Gasteiger partial charge in [0.15, 0.2) is 11.5 Å². The summed E-state index contributed by atoms with van der Waals surface area (Å²) in [5.41, 5.74) is 4.88. The number of fused-ring (bicyclic) bond motifs is 1. The lowest BCUT2D eigenvalue weighted by atomic mass is 10.2. The number of sulfonamides is 1. The molecule has 3 N–H and O–H groups in total. The van der Waals surface area contributed by atoms with Crippen molar-refractivity contribution in [1.82, 2.24) is 15.6 Å². The van der Waals surface area contributed by atoms with Gasteiger partial charge in [-0.25, -0.2) is 13.1 Å². The fourth-order valence-corrected chi connectivity index (χ4v) is 4.45. The average Bonchev–Trinajstić information content (AvgIpc) is 3.59. The molecule has 1 heterocycles. The summed E-state index contributed by atoms with van der Waals surface area (Å²) >= 11 is 0. The van der Waals surface area contributed by atoms with Crippen molar-refractivity contribution in [1.29, 1.82) is 0 Å². The van der Waals surface area contributed by atoms with E-state index in [0.717, 1.165) is 12.8 Å². The van der Waals surface area contributed by atoms with E-state index in [1.165, 1.54) is 37.4 Å². The van der Waals surface area contributed by atoms with Gasteiger partial charge in [0.2, 0.25) is 10.0 Å². The van der Waals surface area contributed by atoms with E-state index in [0.29, 0.717) is 24.7 Å². The van der Waals surface area contributed by atoms with Crippen molar-refractivity contribution in [3.8, 4) is 17.2 Å². The molecular formula is C20H21N3O7S. The van der Waals surface area contributed by atoms with Crippen molar-refractivity contribution in [2.75, 3.05) is 20.3 Å². The average molecular weight is 447 g/mol. The number of hydrazine groups is 1. The molecule has 2 aromatic carbocycles. The van der Waals surface area contributed by atoms with Crippen LogP contribution >= 0.6 is 0 Å². The first-order chi connectivity index (χ1) is 14.9. The van der Waals surface area contributed by atoms with Crippen LogP contribution in [0.5, 0.6) is 17.2 Å². The highest BCUT2D eigenvalue weighted by Crippen LogP contribution is 2.31. The van der Waals surface area contributed by atoms with Gasteiger partial charge in [0.1, 0.15) is 23.9 Å². The van der Waals surface area contributed by atoms with Crippen molar-refractivity contribution in [2.45, 2.75) is 23.8 Å². The summed E-state index contributed by atoms with van der Waals surface area (Å²) in [6.45, 7) is 0.817. The molecule has 0 spiro atoms. The smallest absolute Gasteiger partial charge is 0.269 e. The number of nitrogens with one attached hydrogen (secondary N) is 3. The molecule has 0 saturated heterocycles. The zero-order valence-corrected chi connectivity index (χ0v) is 17.5. The largest absolute Gasteiger partial charge is 0.495 e. The summed E-state index contributed by atoms with van der Waals surface area (Å²) in [5.74, 6) is -0.152. The van der Waals surface area contributed by atoms with Gasteiger partial charge in [-0.2, -0.15) is 0 Å². The van der Waals surface area contributed by atoms with Crippen molar-refractivity contribution in [3.05, 3.63) is 47.5 Å². The molecule has 2 amide bonds. The molecule has 10 nitrogen and oxygen atoms in total. The molecular weight excluding hydrogens is 426 g/mol. The van der Waals surface area contributed by atoms with E-state index in [4.69, 9.17) is 14.2 Å². The van der Waals surface area contributed by atoms with Crippen LogP contribution in [-0.2, 0) is 10.0 Å². The van der Waals surface area contributed by atoms with E-state index in [2.05, 4.69) is 15.6 Å². The number of carbonyl (C=O) groups excluding carboxylic acids is 2. The lowest BCUT2D eigenvalue weighted by Crippen LogP contribution is -2.41. The number of ether oxygens (including phenoxy) is 3. The van der Waals surface area contributed by atoms with Crippen LogP contribution in [0.4, 0.5) is 0 Å². The molecule has 2 aliphatic rings. The Labute approximate surface area is 178 Å². The first kappa shape index (κ1) is 20.9. The minimum Gasteiger partial charge on any atom is -0.495 e. The Morgan fingerprint density at radius 1 is 0.935 bits per heavy atom. The highest BCUT2D eigenvalue weighted by Gasteiger charge is 2.30. The molecule has 31 heavy (non-hydrogen) atoms. The van der Waals surface area contributed by atoms with Crippen LogP contribution in [0.15, 0.2) is 41.3 Å². The van der Waals surface area contributed by atoms with Crippen LogP contribution in [0.2, 0.25) is 0 Å². The van der Waals surface area contributed by atoms with Gasteiger partial charge in [-0.15, -0.1) is 0 Å². The molecule has 0 aromatic heterocycles. The number of benzene rings is 2. The number of amides is 2. The van der Waals surface area contributed by atoms with Gasteiger partial charge in [-0.1, -0.05) is 0 Å². The monoisotopic (exact) mass is 447 g/mol. The van der Waals surface area contributed by atoms with Gasteiger partial charge in [-0.05, 0) is 49.2 Å². The summed E-state index contributed by atoms with van der Waals surface area (Å²) in [6, 6.07) is 8.55. The normalized spacial score (nSPS) is 15.1. The Morgan fingerprint density at radius 2 is 1.55 bits per heavy atom. The molecule has 1 aliphatic heterocycles. The number of rotatable bonds is 6. The van der Waals surface area contributed by atoms with E-state index in [-0.39, 0.29) is 27.8 Å². The van der Waals surface area contributed by atoms with Gasteiger partial charge < -0.3 is 14.2 Å². The van der Waals surface area contributed by atoms with E-state index in [1.807, 2.05) is 0 Å². The Hall–Kier alpha value is -3.31. The second-order valence-electron chi connectivity index (χ2n) is 7.03. The van der Waals surface area contributed by atoms with Gasteiger partial charge in [0.05, 0.1) is 7.11 Å². The quantitative estimate of drug-likeness (QED) is 0.563. The second kappa shape index (κ2) is 8.44. The van der Waals surface area contributed by atoms with Gasteiger partial charge in [-0.3, -0.25) is 20.4 Å². The third-order valence-corrected chi connectivity index (χ3v) is 6.25. The summed E-state index contributed by atoms with van der Waals surface area (Å²) in [4.78, 5) is 24.7. The molecule has 0 atom stereocenters. The Kier molecular flexibility index (Phi) is 5.70. The van der Waals surface area contributed by atoms with Crippen LogP contribution in [0.3, 0.4) is 0 Å². The fourth-order valence-electron chi connectivity index (χ4n) is 2.95. The molecule has 1 aliphatic carbocycles. The number of methoxy groups -OCH3 is 1. The van der Waals surface area contributed by atoms with Crippen LogP contribution in [0.1, 0.15) is 33.6 Å². The Morgan fingerprint density at radius 3 is 2.19 bits per heavy atom. The van der Waals surface area contributed by atoms with E-state index >= 15 is 0 Å². The maximum absolute atomic E-state index is 12.6. The molecule has 4 rings (SSSR count). The first-order valence-corrected chi connectivity index (χ1v) is 11.1. The minimum atomic E-state index is -3.85. The predicted octanol–water partition coefficient (Wildman–Crippen LogP) is 0.982. The molecule has 11 heteroatoms. The zero-order valence-electron chi connectivity index (χ0n) is 16.6. The predicted molar refractivity (Wildman–Crippen MR) is 109 cm³/mol. The van der Waals surface area contributed by atoms with Crippen LogP contribution in [-0.4, -0.2) is 46.6 Å². The lowest BCUT2D eigenvalue weighted by Gasteiger charge is -2.18. The molecule has 1 saturated carbocycles. The van der Waals surface area contributed by atoms with Crippen LogP contribution < -0.4 is 29.8 Å². The highest BCUT2D eigenvalue weighted by molar-refractivity contribution is 7.89. The van der Waals surface area contributed by atoms with Crippen molar-refractivity contribution in [3.63, 3.8) is 0 Å². The van der Waals surface area contributed by atoms with Crippen LogP contribution in [0, 0.1) is 0 Å². The molecule has 0 bridgehead atoms. The third kappa shape index (κ3) is 4.72. The number of carbonyl (C=O) groups is 2. The first-order valence-electron chi connectivity index (χ1n) is 9.58. The SMILES string of the molecule is COc1ccc(C(=O)NNC(=O)c2ccc3c(c2)OCCO3)cc1S(=O)(=O)NC1CC1. The van der Waals surface area contributed by atoms with E-state index in [1.54, 1.807) is 6.07 Å². The fraction of sp³-hybridized carbons (Fsp3) is 0.300. The summed E-state index contributed by atoms with van der Waals surface area (Å²) < 4.78 is 43.7. The topological polar surface area (TPSA) is 132 Å². The number of hydrogen-bond acceptors (Lipinski definition) is 7. The zero-order chi connectivity index (χ0) is 22.0. The summed E-state index contributed by atoms with van der Waals surface area (Å²) in [6.07, 6.45) is 1.54. The molecule has 0 radical (unpaired) electrons. The Bertz CT molecular complexity index is 1130. The maximum Gasteiger partial charge on any atom is 0.269 e. The third-order valence-electron chi connectivity index (χ3n) is 4.71. The van der Waals surface area contributed by atoms with Gasteiger partial charge in [0, 0.05) is 17.2 Å². The standard InChI is InChI=1S/C20H21N3O7S/c1-28-16-7-3-13(11-18(16)31(26,27)23-14-4-5-14)20(25)22-21-19(24)12-2-6-15-17(10-12)30-9-8-29-15/h2-3,6-7,10-11,14,23H,4-5,8-9H2,1H3,(H,21,24)(H,22,25). The highest BCUT2D eigenvalue weighted by atomic mass is 32.2.